The molecule has 0 aromatic heterocycles. The van der Waals surface area contributed by atoms with E-state index in [1.807, 2.05) is 0 Å². The number of rotatable bonds is 16. The van der Waals surface area contributed by atoms with Gasteiger partial charge in [0.05, 0.1) is 9.92 Å². The van der Waals surface area contributed by atoms with Gasteiger partial charge in [0.25, 0.3) is 0 Å². The molecule has 0 aliphatic rings. The smallest absolute Gasteiger partial charge is 0.303 e. The minimum Gasteiger partial charge on any atom is -0.481 e. The standard InChI is InChI=1S/C25H31Cl2NO5S/c26-19-15-16-20(22(27)18-19)25(31)21-12-9-10-13-23(21)34(32,33)28-17-11-7-5-3-1-2-4-6-8-14-24(29)30/h9-10,12-13,15-16,18,28H,1-8,11,14,17H2,(H,29,30). The molecule has 0 fully saturated rings. The van der Waals surface area contributed by atoms with Crippen molar-refractivity contribution in [3.63, 3.8) is 0 Å². The molecule has 0 aliphatic carbocycles. The first-order valence-electron chi connectivity index (χ1n) is 11.5. The number of carbonyl (C=O) groups is 2. The van der Waals surface area contributed by atoms with Crippen LogP contribution in [0.1, 0.15) is 80.1 Å². The van der Waals surface area contributed by atoms with Gasteiger partial charge in [-0.25, -0.2) is 13.1 Å². The van der Waals surface area contributed by atoms with Crippen molar-refractivity contribution in [1.29, 1.82) is 0 Å². The van der Waals surface area contributed by atoms with Gasteiger partial charge in [-0.2, -0.15) is 0 Å². The molecule has 0 radical (unpaired) electrons. The summed E-state index contributed by atoms with van der Waals surface area (Å²) in [5, 5.41) is 9.16. The molecule has 0 amide bonds. The molecule has 0 bridgehead atoms. The Bertz CT molecular complexity index is 1070. The molecule has 186 valence electrons. The lowest BCUT2D eigenvalue weighted by atomic mass is 10.0. The van der Waals surface area contributed by atoms with Crippen LogP contribution >= 0.6 is 23.2 Å². The lowest BCUT2D eigenvalue weighted by Gasteiger charge is -2.12. The highest BCUT2D eigenvalue weighted by molar-refractivity contribution is 7.89. The number of hydrogen-bond donors (Lipinski definition) is 2. The number of carbonyl (C=O) groups excluding carboxylic acids is 1. The van der Waals surface area contributed by atoms with Gasteiger partial charge in [0, 0.05) is 29.1 Å². The number of sulfonamides is 1. The van der Waals surface area contributed by atoms with Crippen molar-refractivity contribution < 1.29 is 23.1 Å². The Morgan fingerprint density at radius 3 is 2.00 bits per heavy atom. The second kappa shape index (κ2) is 14.5. The maximum Gasteiger partial charge on any atom is 0.303 e. The Morgan fingerprint density at radius 1 is 0.794 bits per heavy atom. The number of carboxylic acid groups (broad SMARTS) is 1. The van der Waals surface area contributed by atoms with E-state index in [1.165, 1.54) is 30.3 Å². The summed E-state index contributed by atoms with van der Waals surface area (Å²) < 4.78 is 28.4. The van der Waals surface area contributed by atoms with Crippen LogP contribution in [-0.2, 0) is 14.8 Å². The molecule has 9 heteroatoms. The predicted octanol–water partition coefficient (Wildman–Crippen LogP) is 6.49. The summed E-state index contributed by atoms with van der Waals surface area (Å²) >= 11 is 12.0. The molecule has 0 heterocycles. The third kappa shape index (κ3) is 9.37. The monoisotopic (exact) mass is 527 g/mol. The lowest BCUT2D eigenvalue weighted by Crippen LogP contribution is -2.26. The average Bonchev–Trinajstić information content (AvgIpc) is 2.79. The highest BCUT2D eigenvalue weighted by Gasteiger charge is 2.23. The number of halogens is 2. The molecular formula is C25H31Cl2NO5S. The van der Waals surface area contributed by atoms with Crippen LogP contribution in [0.2, 0.25) is 10.0 Å². The van der Waals surface area contributed by atoms with Crippen molar-refractivity contribution >= 4 is 45.0 Å². The average molecular weight is 528 g/mol. The molecule has 0 saturated heterocycles. The third-order valence-electron chi connectivity index (χ3n) is 5.46. The van der Waals surface area contributed by atoms with Crippen molar-refractivity contribution in [3.8, 4) is 0 Å². The first-order chi connectivity index (χ1) is 16.2. The van der Waals surface area contributed by atoms with E-state index in [-0.39, 0.29) is 27.5 Å². The number of unbranched alkanes of at least 4 members (excludes halogenated alkanes) is 8. The van der Waals surface area contributed by atoms with Crippen molar-refractivity contribution in [2.24, 2.45) is 0 Å². The molecule has 2 N–H and O–H groups in total. The minimum atomic E-state index is -3.86. The SMILES string of the molecule is O=C(O)CCCCCCCCCCCNS(=O)(=O)c1ccccc1C(=O)c1ccc(Cl)cc1Cl. The Hall–Kier alpha value is -1.93. The zero-order chi connectivity index (χ0) is 25.0. The molecule has 0 aliphatic heterocycles. The van der Waals surface area contributed by atoms with E-state index in [0.717, 1.165) is 51.4 Å². The Labute approximate surface area is 211 Å². The number of nitrogens with one attached hydrogen (secondary N) is 1. The van der Waals surface area contributed by atoms with Crippen molar-refractivity contribution in [3.05, 3.63) is 63.6 Å². The van der Waals surface area contributed by atoms with E-state index in [4.69, 9.17) is 28.3 Å². The van der Waals surface area contributed by atoms with Crippen LogP contribution in [0.4, 0.5) is 0 Å². The van der Waals surface area contributed by atoms with E-state index < -0.39 is 21.8 Å². The fourth-order valence-corrected chi connectivity index (χ4v) is 5.40. The van der Waals surface area contributed by atoms with E-state index in [2.05, 4.69) is 4.72 Å². The molecule has 0 saturated carbocycles. The summed E-state index contributed by atoms with van der Waals surface area (Å²) in [5.41, 5.74) is 0.248. The quantitative estimate of drug-likeness (QED) is 0.192. The van der Waals surface area contributed by atoms with E-state index >= 15 is 0 Å². The van der Waals surface area contributed by atoms with E-state index in [9.17, 15) is 18.0 Å². The summed E-state index contributed by atoms with van der Waals surface area (Å²) in [6, 6.07) is 10.6. The second-order valence-corrected chi connectivity index (χ2v) is 10.8. The van der Waals surface area contributed by atoms with Crippen LogP contribution in [-0.4, -0.2) is 31.8 Å². The second-order valence-electron chi connectivity index (χ2n) is 8.17. The molecule has 6 nitrogen and oxygen atoms in total. The van der Waals surface area contributed by atoms with Gasteiger partial charge in [0.15, 0.2) is 5.78 Å². The number of benzene rings is 2. The van der Waals surface area contributed by atoms with Crippen LogP contribution in [0.3, 0.4) is 0 Å². The number of aliphatic carboxylic acids is 1. The van der Waals surface area contributed by atoms with Crippen LogP contribution in [0, 0.1) is 0 Å². The Kier molecular flexibility index (Phi) is 12.0. The van der Waals surface area contributed by atoms with E-state index in [0.29, 0.717) is 18.0 Å². The van der Waals surface area contributed by atoms with E-state index in [1.54, 1.807) is 12.1 Å². The van der Waals surface area contributed by atoms with Gasteiger partial charge < -0.3 is 5.11 Å². The first kappa shape index (κ1) is 28.3. The van der Waals surface area contributed by atoms with Gasteiger partial charge in [-0.15, -0.1) is 0 Å². The number of ketones is 1. The van der Waals surface area contributed by atoms with Crippen LogP contribution in [0.15, 0.2) is 47.4 Å². The largest absolute Gasteiger partial charge is 0.481 e. The van der Waals surface area contributed by atoms with Crippen LogP contribution in [0.25, 0.3) is 0 Å². The Balaban J connectivity index is 1.79. The number of hydrogen-bond acceptors (Lipinski definition) is 4. The third-order valence-corrected chi connectivity index (χ3v) is 7.52. The van der Waals surface area contributed by atoms with Crippen LogP contribution in [0.5, 0.6) is 0 Å². The summed E-state index contributed by atoms with van der Waals surface area (Å²) in [6.45, 7) is 0.293. The highest BCUT2D eigenvalue weighted by atomic mass is 35.5. The van der Waals surface area contributed by atoms with Gasteiger partial charge >= 0.3 is 5.97 Å². The first-order valence-corrected chi connectivity index (χ1v) is 13.8. The lowest BCUT2D eigenvalue weighted by molar-refractivity contribution is -0.137. The fraction of sp³-hybridized carbons (Fsp3) is 0.440. The Morgan fingerprint density at radius 2 is 1.38 bits per heavy atom. The number of carboxylic acids is 1. The molecule has 0 unspecified atom stereocenters. The van der Waals surface area contributed by atoms with Gasteiger partial charge in [-0.05, 0) is 43.2 Å². The van der Waals surface area contributed by atoms with Crippen LogP contribution < -0.4 is 4.72 Å². The summed E-state index contributed by atoms with van der Waals surface area (Å²) in [5.74, 6) is -1.22. The van der Waals surface area contributed by atoms with Crippen molar-refractivity contribution in [1.82, 2.24) is 4.72 Å². The molecule has 0 atom stereocenters. The van der Waals surface area contributed by atoms with Crippen molar-refractivity contribution in [2.45, 2.75) is 69.1 Å². The molecule has 2 rings (SSSR count). The van der Waals surface area contributed by atoms with Crippen molar-refractivity contribution in [2.75, 3.05) is 6.54 Å². The normalized spacial score (nSPS) is 11.5. The molecular weight excluding hydrogens is 497 g/mol. The zero-order valence-electron chi connectivity index (χ0n) is 19.1. The fourth-order valence-electron chi connectivity index (χ4n) is 3.63. The maximum absolute atomic E-state index is 13.0. The molecule has 2 aromatic carbocycles. The summed E-state index contributed by atoms with van der Waals surface area (Å²) in [6.07, 6.45) is 8.86. The van der Waals surface area contributed by atoms with Gasteiger partial charge in [0.1, 0.15) is 0 Å². The summed E-state index contributed by atoms with van der Waals surface area (Å²) in [7, 11) is -3.86. The molecule has 2 aromatic rings. The predicted molar refractivity (Wildman–Crippen MR) is 135 cm³/mol. The molecule has 34 heavy (non-hydrogen) atoms. The van der Waals surface area contributed by atoms with Gasteiger partial charge in [-0.1, -0.05) is 80.3 Å². The molecule has 0 spiro atoms. The topological polar surface area (TPSA) is 101 Å². The minimum absolute atomic E-state index is 0.0579. The highest BCUT2D eigenvalue weighted by Crippen LogP contribution is 2.26. The van der Waals surface area contributed by atoms with Gasteiger partial charge in [0.2, 0.25) is 10.0 Å². The zero-order valence-corrected chi connectivity index (χ0v) is 21.4. The van der Waals surface area contributed by atoms with Gasteiger partial charge in [-0.3, -0.25) is 9.59 Å². The summed E-state index contributed by atoms with van der Waals surface area (Å²) in [4.78, 5) is 23.4. The maximum atomic E-state index is 13.0.